The molecule has 3 nitrogen and oxygen atoms in total. The lowest BCUT2D eigenvalue weighted by molar-refractivity contribution is -0.965. The Hall–Kier alpha value is -1.61. The fourth-order valence-corrected chi connectivity index (χ4v) is 4.35. The van der Waals surface area contributed by atoms with Crippen LogP contribution in [0.1, 0.15) is 36.4 Å². The molecule has 1 unspecified atom stereocenters. The minimum atomic E-state index is 0.455. The highest BCUT2D eigenvalue weighted by Gasteiger charge is 2.46. The molecule has 0 radical (unpaired) electrons. The van der Waals surface area contributed by atoms with Crippen molar-refractivity contribution in [1.82, 2.24) is 10.2 Å². The molecule has 20 heavy (non-hydrogen) atoms. The van der Waals surface area contributed by atoms with E-state index in [0.717, 1.165) is 5.92 Å². The quantitative estimate of drug-likeness (QED) is 0.851. The van der Waals surface area contributed by atoms with Crippen molar-refractivity contribution in [2.45, 2.75) is 25.3 Å². The summed E-state index contributed by atoms with van der Waals surface area (Å²) in [6.07, 6.45) is 8.32. The van der Waals surface area contributed by atoms with Crippen molar-refractivity contribution in [3.63, 3.8) is 0 Å². The summed E-state index contributed by atoms with van der Waals surface area (Å²) in [5, 5.41) is 7.22. The van der Waals surface area contributed by atoms with Crippen LogP contribution in [0.2, 0.25) is 0 Å². The monoisotopic (exact) mass is 268 g/mol. The van der Waals surface area contributed by atoms with Gasteiger partial charge in [-0.15, -0.1) is 0 Å². The van der Waals surface area contributed by atoms with E-state index >= 15 is 0 Å². The van der Waals surface area contributed by atoms with Crippen LogP contribution >= 0.6 is 0 Å². The maximum absolute atomic E-state index is 4.21. The molecule has 104 valence electrons. The Morgan fingerprint density at radius 2 is 1.70 bits per heavy atom. The van der Waals surface area contributed by atoms with Crippen LogP contribution in [0.15, 0.2) is 42.7 Å². The number of nitrogens with one attached hydrogen (secondary N) is 1. The lowest BCUT2D eigenvalue weighted by Gasteiger charge is -2.53. The summed E-state index contributed by atoms with van der Waals surface area (Å²) in [6, 6.07) is 11.5. The fourth-order valence-electron chi connectivity index (χ4n) is 4.35. The van der Waals surface area contributed by atoms with Gasteiger partial charge in [0.2, 0.25) is 0 Å². The van der Waals surface area contributed by atoms with E-state index in [2.05, 4.69) is 46.7 Å². The van der Waals surface area contributed by atoms with E-state index < -0.39 is 0 Å². The van der Waals surface area contributed by atoms with Crippen molar-refractivity contribution in [1.29, 1.82) is 0 Å². The number of hydrogen-bond acceptors (Lipinski definition) is 1. The van der Waals surface area contributed by atoms with Gasteiger partial charge in [-0.05, 0) is 25.2 Å². The third-order valence-electron chi connectivity index (χ3n) is 5.45. The molecule has 2 bridgehead atoms. The van der Waals surface area contributed by atoms with Gasteiger partial charge in [-0.25, -0.2) is 0 Å². The third kappa shape index (κ3) is 1.88. The van der Waals surface area contributed by atoms with Crippen LogP contribution in [0.3, 0.4) is 0 Å². The van der Waals surface area contributed by atoms with Gasteiger partial charge in [0.25, 0.3) is 0 Å². The molecular formula is C17H22N3+. The van der Waals surface area contributed by atoms with Crippen LogP contribution < -0.4 is 0 Å². The van der Waals surface area contributed by atoms with Crippen LogP contribution in [-0.4, -0.2) is 34.3 Å². The molecule has 1 atom stereocenters. The average Bonchev–Trinajstić information content (AvgIpc) is 3.04. The smallest absolute Gasteiger partial charge is 0.143 e. The maximum atomic E-state index is 4.21. The summed E-state index contributed by atoms with van der Waals surface area (Å²) in [4.78, 5) is 0. The van der Waals surface area contributed by atoms with E-state index in [1.807, 2.05) is 6.20 Å². The molecule has 0 saturated carbocycles. The normalized spacial score (nSPS) is 30.3. The molecule has 5 rings (SSSR count). The van der Waals surface area contributed by atoms with Crippen molar-refractivity contribution >= 4 is 0 Å². The lowest BCUT2D eigenvalue weighted by atomic mass is 9.82. The summed E-state index contributed by atoms with van der Waals surface area (Å²) in [7, 11) is 0. The van der Waals surface area contributed by atoms with E-state index in [4.69, 9.17) is 0 Å². The number of fused-ring (bicyclic) bond motifs is 3. The predicted molar refractivity (Wildman–Crippen MR) is 79.1 cm³/mol. The van der Waals surface area contributed by atoms with Crippen molar-refractivity contribution < 1.29 is 4.48 Å². The summed E-state index contributed by atoms with van der Waals surface area (Å²) in [6.45, 7) is 3.99. The molecule has 0 aliphatic carbocycles. The van der Waals surface area contributed by atoms with Crippen molar-refractivity contribution in [2.75, 3.05) is 19.6 Å². The van der Waals surface area contributed by atoms with E-state index in [1.165, 1.54) is 54.5 Å². The molecule has 3 fully saturated rings. The lowest BCUT2D eigenvalue weighted by Crippen LogP contribution is -2.59. The Bertz CT molecular complexity index is 539. The van der Waals surface area contributed by atoms with Gasteiger partial charge in [0.15, 0.2) is 0 Å². The van der Waals surface area contributed by atoms with Gasteiger partial charge in [-0.1, -0.05) is 30.3 Å². The van der Waals surface area contributed by atoms with Crippen molar-refractivity contribution in [3.8, 4) is 0 Å². The van der Waals surface area contributed by atoms with E-state index in [0.29, 0.717) is 6.04 Å². The van der Waals surface area contributed by atoms with Crippen molar-refractivity contribution in [2.24, 2.45) is 5.92 Å². The zero-order valence-electron chi connectivity index (χ0n) is 11.8. The molecule has 0 amide bonds. The number of rotatable bonds is 3. The Morgan fingerprint density at radius 3 is 2.30 bits per heavy atom. The highest BCUT2D eigenvalue weighted by atomic mass is 15.4. The van der Waals surface area contributed by atoms with Gasteiger partial charge in [-0.3, -0.25) is 5.10 Å². The van der Waals surface area contributed by atoms with Gasteiger partial charge >= 0.3 is 0 Å². The number of H-pyrrole nitrogens is 1. The molecule has 3 aliphatic rings. The second-order valence-electron chi connectivity index (χ2n) is 6.47. The first-order valence-electron chi connectivity index (χ1n) is 7.77. The Balaban J connectivity index is 1.79. The van der Waals surface area contributed by atoms with Crippen LogP contribution in [0.25, 0.3) is 0 Å². The molecule has 1 N–H and O–H groups in total. The molecule has 3 saturated heterocycles. The van der Waals surface area contributed by atoms with E-state index in [1.54, 1.807) is 0 Å². The Morgan fingerprint density at radius 1 is 1.00 bits per heavy atom. The molecule has 4 heterocycles. The molecular weight excluding hydrogens is 246 g/mol. The van der Waals surface area contributed by atoms with Crippen LogP contribution in [0, 0.1) is 5.92 Å². The minimum Gasteiger partial charge on any atom is -0.314 e. The molecule has 0 spiro atoms. The number of aromatic nitrogens is 2. The number of quaternary nitrogens is 1. The van der Waals surface area contributed by atoms with Gasteiger partial charge in [-0.2, -0.15) is 5.10 Å². The Labute approximate surface area is 120 Å². The third-order valence-corrected chi connectivity index (χ3v) is 5.45. The number of aromatic amines is 1. The first kappa shape index (κ1) is 12.2. The largest absolute Gasteiger partial charge is 0.314 e. The molecule has 1 aromatic carbocycles. The SMILES string of the molecule is c1ccc(C(c2cn[nH]c2)[N+]23CCC(CC2)CC3)cc1. The number of nitrogens with zero attached hydrogens (tertiary/aromatic N) is 2. The van der Waals surface area contributed by atoms with Crippen LogP contribution in [-0.2, 0) is 0 Å². The zero-order chi connectivity index (χ0) is 13.4. The topological polar surface area (TPSA) is 28.7 Å². The number of piperidine rings is 3. The van der Waals surface area contributed by atoms with Gasteiger partial charge in [0.05, 0.1) is 31.4 Å². The molecule has 1 aromatic heterocycles. The van der Waals surface area contributed by atoms with Crippen LogP contribution in [0.4, 0.5) is 0 Å². The van der Waals surface area contributed by atoms with Gasteiger partial charge in [0.1, 0.15) is 6.04 Å². The maximum Gasteiger partial charge on any atom is 0.143 e. The van der Waals surface area contributed by atoms with Gasteiger partial charge < -0.3 is 4.48 Å². The van der Waals surface area contributed by atoms with Gasteiger partial charge in [0, 0.05) is 11.8 Å². The first-order valence-corrected chi connectivity index (χ1v) is 7.77. The zero-order valence-corrected chi connectivity index (χ0v) is 11.8. The predicted octanol–water partition coefficient (Wildman–Crippen LogP) is 3.13. The second kappa shape index (κ2) is 4.74. The molecule has 3 heteroatoms. The molecule has 2 aromatic rings. The highest BCUT2D eigenvalue weighted by molar-refractivity contribution is 5.27. The molecule has 3 aliphatic heterocycles. The average molecular weight is 268 g/mol. The second-order valence-corrected chi connectivity index (χ2v) is 6.47. The summed E-state index contributed by atoms with van der Waals surface area (Å²) >= 11 is 0. The highest BCUT2D eigenvalue weighted by Crippen LogP contribution is 2.43. The van der Waals surface area contributed by atoms with E-state index in [-0.39, 0.29) is 0 Å². The minimum absolute atomic E-state index is 0.455. The summed E-state index contributed by atoms with van der Waals surface area (Å²) in [5.41, 5.74) is 2.78. The first-order chi connectivity index (χ1) is 9.87. The van der Waals surface area contributed by atoms with E-state index in [9.17, 15) is 0 Å². The summed E-state index contributed by atoms with van der Waals surface area (Å²) < 4.78 is 1.24. The fraction of sp³-hybridized carbons (Fsp3) is 0.471. The number of hydrogen-bond donors (Lipinski definition) is 1. The number of benzene rings is 1. The van der Waals surface area contributed by atoms with Crippen molar-refractivity contribution in [3.05, 3.63) is 53.9 Å². The Kier molecular flexibility index (Phi) is 2.88. The summed E-state index contributed by atoms with van der Waals surface area (Å²) in [5.74, 6) is 0.996. The standard InChI is InChI=1S/C17H22N3/c1-2-4-15(5-3-1)17(16-12-18-19-13-16)20-9-6-14(7-10-20)8-11-20/h1-5,12-14,17H,6-11H2,(H,18,19)/q+1. The van der Waals surface area contributed by atoms with Crippen LogP contribution in [0.5, 0.6) is 0 Å².